The van der Waals surface area contributed by atoms with Gasteiger partial charge in [0.1, 0.15) is 0 Å². The molecule has 0 spiro atoms. The molecule has 2 aliphatic rings. The SMILES string of the molecule is CC1(Cl)C2CCCC21. The first-order valence-corrected chi connectivity index (χ1v) is 3.79. The van der Waals surface area contributed by atoms with Crippen LogP contribution in [0.4, 0.5) is 0 Å². The van der Waals surface area contributed by atoms with Crippen LogP contribution in [0.1, 0.15) is 26.2 Å². The van der Waals surface area contributed by atoms with Crippen LogP contribution in [0.5, 0.6) is 0 Å². The van der Waals surface area contributed by atoms with E-state index in [2.05, 4.69) is 6.92 Å². The van der Waals surface area contributed by atoms with Crippen molar-refractivity contribution >= 4 is 11.6 Å². The monoisotopic (exact) mass is 130 g/mol. The Morgan fingerprint density at radius 3 is 2.12 bits per heavy atom. The van der Waals surface area contributed by atoms with Gasteiger partial charge in [-0.2, -0.15) is 0 Å². The Labute approximate surface area is 55.2 Å². The third-order valence-electron chi connectivity index (χ3n) is 2.86. The van der Waals surface area contributed by atoms with Gasteiger partial charge < -0.3 is 0 Å². The van der Waals surface area contributed by atoms with Crippen LogP contribution < -0.4 is 0 Å². The molecule has 2 saturated carbocycles. The summed E-state index contributed by atoms with van der Waals surface area (Å²) in [5, 5.41) is 0. The van der Waals surface area contributed by atoms with Crippen molar-refractivity contribution in [1.82, 2.24) is 0 Å². The molecule has 0 aromatic heterocycles. The lowest BCUT2D eigenvalue weighted by Gasteiger charge is -2.01. The highest BCUT2D eigenvalue weighted by Gasteiger charge is 2.61. The third kappa shape index (κ3) is 0.428. The lowest BCUT2D eigenvalue weighted by molar-refractivity contribution is 0.652. The number of fused-ring (bicyclic) bond motifs is 1. The average molecular weight is 131 g/mol. The van der Waals surface area contributed by atoms with E-state index in [1.54, 1.807) is 0 Å². The summed E-state index contributed by atoms with van der Waals surface area (Å²) in [5.74, 6) is 1.79. The third-order valence-corrected chi connectivity index (χ3v) is 3.42. The summed E-state index contributed by atoms with van der Waals surface area (Å²) in [6.45, 7) is 2.18. The van der Waals surface area contributed by atoms with E-state index < -0.39 is 0 Å². The van der Waals surface area contributed by atoms with Gasteiger partial charge in [-0.25, -0.2) is 0 Å². The highest BCUT2D eigenvalue weighted by atomic mass is 35.5. The molecule has 0 amide bonds. The summed E-state index contributed by atoms with van der Waals surface area (Å²) in [4.78, 5) is 0.234. The Morgan fingerprint density at radius 2 is 1.88 bits per heavy atom. The van der Waals surface area contributed by atoms with Crippen LogP contribution in [0.3, 0.4) is 0 Å². The van der Waals surface area contributed by atoms with Gasteiger partial charge in [-0.3, -0.25) is 0 Å². The summed E-state index contributed by atoms with van der Waals surface area (Å²) in [7, 11) is 0. The minimum atomic E-state index is 0.234. The second kappa shape index (κ2) is 1.23. The highest BCUT2D eigenvalue weighted by Crippen LogP contribution is 2.64. The Hall–Kier alpha value is 0.290. The van der Waals surface area contributed by atoms with Crippen molar-refractivity contribution in [2.45, 2.75) is 31.1 Å². The van der Waals surface area contributed by atoms with Crippen molar-refractivity contribution in [1.29, 1.82) is 0 Å². The second-order valence-electron chi connectivity index (χ2n) is 3.30. The molecule has 1 heteroatoms. The van der Waals surface area contributed by atoms with Crippen LogP contribution in [-0.4, -0.2) is 4.87 Å². The summed E-state index contributed by atoms with van der Waals surface area (Å²) >= 11 is 6.11. The molecule has 0 aromatic carbocycles. The van der Waals surface area contributed by atoms with Crippen molar-refractivity contribution < 1.29 is 0 Å². The van der Waals surface area contributed by atoms with E-state index in [-0.39, 0.29) is 4.87 Å². The Kier molecular flexibility index (Phi) is 0.787. The van der Waals surface area contributed by atoms with Crippen LogP contribution in [0.2, 0.25) is 0 Å². The first-order chi connectivity index (χ1) is 3.73. The van der Waals surface area contributed by atoms with Crippen molar-refractivity contribution in [2.24, 2.45) is 11.8 Å². The molecule has 0 aromatic rings. The van der Waals surface area contributed by atoms with Gasteiger partial charge in [0, 0.05) is 4.87 Å². The molecule has 0 saturated heterocycles. The van der Waals surface area contributed by atoms with Crippen molar-refractivity contribution in [3.8, 4) is 0 Å². The molecule has 0 radical (unpaired) electrons. The van der Waals surface area contributed by atoms with Crippen LogP contribution in [0.15, 0.2) is 0 Å². The fourth-order valence-corrected chi connectivity index (χ4v) is 2.64. The topological polar surface area (TPSA) is 0 Å². The molecule has 0 N–H and O–H groups in total. The molecule has 2 rings (SSSR count). The first kappa shape index (κ1) is 5.10. The van der Waals surface area contributed by atoms with Gasteiger partial charge >= 0.3 is 0 Å². The van der Waals surface area contributed by atoms with Gasteiger partial charge in [0.15, 0.2) is 0 Å². The molecule has 0 bridgehead atoms. The molecule has 2 fully saturated rings. The van der Waals surface area contributed by atoms with E-state index >= 15 is 0 Å². The van der Waals surface area contributed by atoms with Crippen molar-refractivity contribution in [3.05, 3.63) is 0 Å². The fourth-order valence-electron chi connectivity index (χ4n) is 2.18. The van der Waals surface area contributed by atoms with E-state index in [0.717, 1.165) is 11.8 Å². The summed E-state index contributed by atoms with van der Waals surface area (Å²) in [6.07, 6.45) is 4.22. The quantitative estimate of drug-likeness (QED) is 0.442. The largest absolute Gasteiger partial charge is 0.119 e. The van der Waals surface area contributed by atoms with Crippen LogP contribution in [0, 0.1) is 11.8 Å². The maximum Gasteiger partial charge on any atom is 0.0481 e. The van der Waals surface area contributed by atoms with Gasteiger partial charge in [0.05, 0.1) is 0 Å². The summed E-state index contributed by atoms with van der Waals surface area (Å²) < 4.78 is 0. The Morgan fingerprint density at radius 1 is 1.38 bits per heavy atom. The minimum Gasteiger partial charge on any atom is -0.119 e. The first-order valence-electron chi connectivity index (χ1n) is 3.42. The zero-order valence-electron chi connectivity index (χ0n) is 5.15. The number of halogens is 1. The van der Waals surface area contributed by atoms with Gasteiger partial charge in [0.25, 0.3) is 0 Å². The smallest absolute Gasteiger partial charge is 0.0481 e. The molecule has 2 aliphatic carbocycles. The predicted molar refractivity (Wildman–Crippen MR) is 35.1 cm³/mol. The van der Waals surface area contributed by atoms with Crippen LogP contribution in [-0.2, 0) is 0 Å². The maximum absolute atomic E-state index is 6.11. The lowest BCUT2D eigenvalue weighted by atomic mass is 10.2. The molecule has 8 heavy (non-hydrogen) atoms. The fraction of sp³-hybridized carbons (Fsp3) is 1.00. The maximum atomic E-state index is 6.11. The second-order valence-corrected chi connectivity index (χ2v) is 4.11. The molecule has 2 unspecified atom stereocenters. The number of hydrogen-bond acceptors (Lipinski definition) is 0. The van der Waals surface area contributed by atoms with Crippen molar-refractivity contribution in [3.63, 3.8) is 0 Å². The van der Waals surface area contributed by atoms with Gasteiger partial charge in [-0.1, -0.05) is 6.42 Å². The zero-order chi connectivity index (χ0) is 5.78. The molecule has 2 atom stereocenters. The van der Waals surface area contributed by atoms with E-state index in [9.17, 15) is 0 Å². The van der Waals surface area contributed by atoms with Crippen LogP contribution >= 0.6 is 11.6 Å². The van der Waals surface area contributed by atoms with E-state index in [1.165, 1.54) is 19.3 Å². The molecule has 0 nitrogen and oxygen atoms in total. The summed E-state index contributed by atoms with van der Waals surface area (Å²) in [5.41, 5.74) is 0. The standard InChI is InChI=1S/C7H11Cl/c1-7(8)5-3-2-4-6(5)7/h5-6H,2-4H2,1H3. The lowest BCUT2D eigenvalue weighted by Crippen LogP contribution is -1.98. The number of hydrogen-bond donors (Lipinski definition) is 0. The van der Waals surface area contributed by atoms with E-state index in [4.69, 9.17) is 11.6 Å². The molecule has 0 aliphatic heterocycles. The molecular formula is C7H11Cl. The van der Waals surface area contributed by atoms with Gasteiger partial charge in [-0.05, 0) is 31.6 Å². The highest BCUT2D eigenvalue weighted by molar-refractivity contribution is 6.26. The molecule has 0 heterocycles. The Bertz CT molecular complexity index is 106. The van der Waals surface area contributed by atoms with Gasteiger partial charge in [0.2, 0.25) is 0 Å². The normalized spacial score (nSPS) is 60.8. The number of rotatable bonds is 0. The van der Waals surface area contributed by atoms with Crippen LogP contribution in [0.25, 0.3) is 0 Å². The minimum absolute atomic E-state index is 0.234. The molecular weight excluding hydrogens is 120 g/mol. The Balaban J connectivity index is 2.13. The predicted octanol–water partition coefficient (Wildman–Crippen LogP) is 2.41. The zero-order valence-corrected chi connectivity index (χ0v) is 5.91. The van der Waals surface area contributed by atoms with Crippen molar-refractivity contribution in [2.75, 3.05) is 0 Å². The van der Waals surface area contributed by atoms with E-state index in [1.807, 2.05) is 0 Å². The number of alkyl halides is 1. The summed E-state index contributed by atoms with van der Waals surface area (Å²) in [6, 6.07) is 0. The van der Waals surface area contributed by atoms with Gasteiger partial charge in [-0.15, -0.1) is 11.6 Å². The van der Waals surface area contributed by atoms with E-state index in [0.29, 0.717) is 0 Å². The molecule has 46 valence electrons. The average Bonchev–Trinajstić information content (AvgIpc) is 2.22.